The Hall–Kier alpha value is -0.480. The number of hydrogen-bond donors (Lipinski definition) is 1. The number of nitrogens with zero attached hydrogens (tertiary/aromatic N) is 2. The Balaban J connectivity index is 1.91. The largest absolute Gasteiger partial charge is 0.331 e. The summed E-state index contributed by atoms with van der Waals surface area (Å²) in [6.45, 7) is 5.35. The van der Waals surface area contributed by atoms with Crippen LogP contribution in [0.5, 0.6) is 0 Å². The average molecular weight is 267 g/mol. The molecular formula is C14H25N3S. The molecule has 0 amide bonds. The first kappa shape index (κ1) is 13.9. The maximum Gasteiger partial charge on any atom is 0.0951 e. The predicted octanol–water partition coefficient (Wildman–Crippen LogP) is 3.23. The van der Waals surface area contributed by atoms with Crippen molar-refractivity contribution < 1.29 is 0 Å². The number of nitrogens with one attached hydrogen (secondary N) is 1. The molecule has 3 nitrogen and oxygen atoms in total. The first-order chi connectivity index (χ1) is 8.72. The molecule has 1 saturated carbocycles. The van der Waals surface area contributed by atoms with E-state index in [2.05, 4.69) is 35.0 Å². The number of thioether (sulfide) groups is 1. The molecule has 1 aliphatic rings. The third kappa shape index (κ3) is 3.29. The Morgan fingerprint density at radius 1 is 1.44 bits per heavy atom. The smallest absolute Gasteiger partial charge is 0.0951 e. The monoisotopic (exact) mass is 267 g/mol. The van der Waals surface area contributed by atoms with Crippen molar-refractivity contribution in [1.29, 1.82) is 0 Å². The Morgan fingerprint density at radius 3 is 2.94 bits per heavy atom. The fraction of sp³-hybridized carbons (Fsp3) is 0.786. The molecule has 2 atom stereocenters. The molecule has 0 aromatic carbocycles. The molecule has 0 bridgehead atoms. The SMILES string of the molecule is CSC1CCCCC1NCc1cncn1C(C)C. The van der Waals surface area contributed by atoms with Crippen LogP contribution < -0.4 is 5.32 Å². The van der Waals surface area contributed by atoms with E-state index in [9.17, 15) is 0 Å². The number of aromatic nitrogens is 2. The van der Waals surface area contributed by atoms with Gasteiger partial charge >= 0.3 is 0 Å². The van der Waals surface area contributed by atoms with E-state index >= 15 is 0 Å². The molecule has 1 fully saturated rings. The topological polar surface area (TPSA) is 29.9 Å². The van der Waals surface area contributed by atoms with Crippen LogP contribution in [0.1, 0.15) is 51.3 Å². The van der Waals surface area contributed by atoms with E-state index in [0.717, 1.165) is 11.8 Å². The van der Waals surface area contributed by atoms with Gasteiger partial charge < -0.3 is 9.88 Å². The molecule has 1 heterocycles. The summed E-state index contributed by atoms with van der Waals surface area (Å²) in [6.07, 6.45) is 11.6. The zero-order chi connectivity index (χ0) is 13.0. The average Bonchev–Trinajstić information content (AvgIpc) is 2.85. The molecule has 102 valence electrons. The summed E-state index contributed by atoms with van der Waals surface area (Å²) >= 11 is 2.02. The Labute approximate surface area is 115 Å². The first-order valence-corrected chi connectivity index (χ1v) is 8.28. The minimum Gasteiger partial charge on any atom is -0.331 e. The van der Waals surface area contributed by atoms with Gasteiger partial charge in [0.05, 0.1) is 12.0 Å². The van der Waals surface area contributed by atoms with Gasteiger partial charge in [0.25, 0.3) is 0 Å². The summed E-state index contributed by atoms with van der Waals surface area (Å²) in [5.41, 5.74) is 1.30. The number of rotatable bonds is 5. The number of imidazole rings is 1. The fourth-order valence-electron chi connectivity index (χ4n) is 2.78. The van der Waals surface area contributed by atoms with Crippen LogP contribution >= 0.6 is 11.8 Å². The summed E-state index contributed by atoms with van der Waals surface area (Å²) in [5.74, 6) is 0. The van der Waals surface area contributed by atoms with Crippen LogP contribution in [0.3, 0.4) is 0 Å². The fourth-order valence-corrected chi connectivity index (χ4v) is 3.75. The van der Waals surface area contributed by atoms with Crippen molar-refractivity contribution in [1.82, 2.24) is 14.9 Å². The van der Waals surface area contributed by atoms with E-state index in [1.807, 2.05) is 24.3 Å². The lowest BCUT2D eigenvalue weighted by Gasteiger charge is -2.31. The van der Waals surface area contributed by atoms with Gasteiger partial charge in [-0.1, -0.05) is 12.8 Å². The predicted molar refractivity (Wildman–Crippen MR) is 79.0 cm³/mol. The highest BCUT2D eigenvalue weighted by Gasteiger charge is 2.23. The second-order valence-corrected chi connectivity index (χ2v) is 6.51. The lowest BCUT2D eigenvalue weighted by atomic mass is 9.95. The normalized spacial score (nSPS) is 24.7. The van der Waals surface area contributed by atoms with Crippen LogP contribution in [0.15, 0.2) is 12.5 Å². The van der Waals surface area contributed by atoms with Crippen LogP contribution in [0.2, 0.25) is 0 Å². The third-order valence-electron chi connectivity index (χ3n) is 3.85. The van der Waals surface area contributed by atoms with E-state index < -0.39 is 0 Å². The summed E-state index contributed by atoms with van der Waals surface area (Å²) < 4.78 is 2.25. The lowest BCUT2D eigenvalue weighted by Crippen LogP contribution is -2.40. The third-order valence-corrected chi connectivity index (χ3v) is 5.02. The van der Waals surface area contributed by atoms with E-state index in [-0.39, 0.29) is 0 Å². The molecule has 1 aromatic heterocycles. The second kappa shape index (κ2) is 6.62. The Bertz CT molecular complexity index is 362. The van der Waals surface area contributed by atoms with Gasteiger partial charge in [0.2, 0.25) is 0 Å². The maximum atomic E-state index is 4.26. The highest BCUT2D eigenvalue weighted by molar-refractivity contribution is 7.99. The van der Waals surface area contributed by atoms with Crippen LogP contribution in [0, 0.1) is 0 Å². The van der Waals surface area contributed by atoms with Gasteiger partial charge in [-0.25, -0.2) is 4.98 Å². The zero-order valence-corrected chi connectivity index (χ0v) is 12.5. The molecule has 1 aromatic rings. The van der Waals surface area contributed by atoms with Crippen molar-refractivity contribution >= 4 is 11.8 Å². The van der Waals surface area contributed by atoms with E-state index in [0.29, 0.717) is 12.1 Å². The Kier molecular flexibility index (Phi) is 5.13. The van der Waals surface area contributed by atoms with Crippen molar-refractivity contribution in [2.45, 2.75) is 63.4 Å². The van der Waals surface area contributed by atoms with Gasteiger partial charge in [0.15, 0.2) is 0 Å². The van der Waals surface area contributed by atoms with Crippen molar-refractivity contribution in [2.75, 3.05) is 6.26 Å². The minimum absolute atomic E-state index is 0.493. The van der Waals surface area contributed by atoms with Gasteiger partial charge in [-0.2, -0.15) is 11.8 Å². The Morgan fingerprint density at radius 2 is 2.22 bits per heavy atom. The molecule has 4 heteroatoms. The summed E-state index contributed by atoms with van der Waals surface area (Å²) in [7, 11) is 0. The van der Waals surface area contributed by atoms with Crippen LogP contribution in [0.25, 0.3) is 0 Å². The molecule has 2 rings (SSSR count). The van der Waals surface area contributed by atoms with Crippen LogP contribution in [-0.2, 0) is 6.54 Å². The molecule has 1 aliphatic carbocycles. The van der Waals surface area contributed by atoms with Crippen molar-refractivity contribution in [2.24, 2.45) is 0 Å². The molecule has 0 radical (unpaired) electrons. The van der Waals surface area contributed by atoms with Gasteiger partial charge in [-0.15, -0.1) is 0 Å². The van der Waals surface area contributed by atoms with Gasteiger partial charge in [0, 0.05) is 30.1 Å². The van der Waals surface area contributed by atoms with E-state index in [1.165, 1.54) is 31.4 Å². The molecule has 1 N–H and O–H groups in total. The summed E-state index contributed by atoms with van der Waals surface area (Å²) in [4.78, 5) is 4.26. The van der Waals surface area contributed by atoms with Gasteiger partial charge in [-0.3, -0.25) is 0 Å². The quantitative estimate of drug-likeness (QED) is 0.888. The van der Waals surface area contributed by atoms with Crippen LogP contribution in [0.4, 0.5) is 0 Å². The van der Waals surface area contributed by atoms with Crippen LogP contribution in [-0.4, -0.2) is 27.1 Å². The molecule has 0 aliphatic heterocycles. The summed E-state index contributed by atoms with van der Waals surface area (Å²) in [6, 6.07) is 1.16. The molecule has 0 saturated heterocycles. The standard InChI is InChI=1S/C14H25N3S/c1-11(2)17-10-15-8-12(17)9-16-13-6-4-5-7-14(13)18-3/h8,10-11,13-14,16H,4-7,9H2,1-3H3. The van der Waals surface area contributed by atoms with Gasteiger partial charge in [-0.05, 0) is 32.9 Å². The van der Waals surface area contributed by atoms with Gasteiger partial charge in [0.1, 0.15) is 0 Å². The highest BCUT2D eigenvalue weighted by atomic mass is 32.2. The molecular weight excluding hydrogens is 242 g/mol. The van der Waals surface area contributed by atoms with Crippen molar-refractivity contribution in [3.63, 3.8) is 0 Å². The van der Waals surface area contributed by atoms with Crippen molar-refractivity contribution in [3.8, 4) is 0 Å². The summed E-state index contributed by atoms with van der Waals surface area (Å²) in [5, 5.41) is 4.52. The minimum atomic E-state index is 0.493. The number of hydrogen-bond acceptors (Lipinski definition) is 3. The second-order valence-electron chi connectivity index (χ2n) is 5.43. The van der Waals surface area contributed by atoms with E-state index in [1.54, 1.807) is 0 Å². The molecule has 2 unspecified atom stereocenters. The molecule has 18 heavy (non-hydrogen) atoms. The zero-order valence-electron chi connectivity index (χ0n) is 11.7. The van der Waals surface area contributed by atoms with Crippen molar-refractivity contribution in [3.05, 3.63) is 18.2 Å². The van der Waals surface area contributed by atoms with E-state index in [4.69, 9.17) is 0 Å². The molecule has 0 spiro atoms. The maximum absolute atomic E-state index is 4.26. The lowest BCUT2D eigenvalue weighted by molar-refractivity contribution is 0.377. The first-order valence-electron chi connectivity index (χ1n) is 6.99. The highest BCUT2D eigenvalue weighted by Crippen LogP contribution is 2.27.